The van der Waals surface area contributed by atoms with Crippen molar-refractivity contribution in [3.05, 3.63) is 58.7 Å². The van der Waals surface area contributed by atoms with Gasteiger partial charge in [0.25, 0.3) is 0 Å². The summed E-state index contributed by atoms with van der Waals surface area (Å²) in [5.41, 5.74) is 5.14. The van der Waals surface area contributed by atoms with Gasteiger partial charge in [-0.1, -0.05) is 30.7 Å². The smallest absolute Gasteiger partial charge is 0.248 e. The highest BCUT2D eigenvalue weighted by molar-refractivity contribution is 7.92. The van der Waals surface area contributed by atoms with Crippen LogP contribution in [0.3, 0.4) is 0 Å². The number of aryl methyl sites for hydroxylation is 4. The minimum atomic E-state index is -3.64. The first kappa shape index (κ1) is 21.0. The molecule has 0 aromatic heterocycles. The molecule has 1 amide bonds. The number of carbonyl (C=O) groups is 1. The minimum Gasteiger partial charge on any atom is -0.324 e. The summed E-state index contributed by atoms with van der Waals surface area (Å²) >= 11 is 0. The lowest BCUT2D eigenvalue weighted by atomic mass is 10.1. The number of hydrogen-bond acceptors (Lipinski definition) is 3. The third-order valence-corrected chi connectivity index (χ3v) is 5.61. The number of rotatable bonds is 6. The molecule has 0 aliphatic rings. The van der Waals surface area contributed by atoms with E-state index in [0.29, 0.717) is 17.8 Å². The fourth-order valence-corrected chi connectivity index (χ4v) is 4.50. The lowest BCUT2D eigenvalue weighted by Crippen LogP contribution is -2.47. The molecule has 0 fully saturated rings. The fraction of sp³-hybridized carbons (Fsp3) is 0.381. The topological polar surface area (TPSA) is 66.5 Å². The largest absolute Gasteiger partial charge is 0.324 e. The van der Waals surface area contributed by atoms with Crippen molar-refractivity contribution < 1.29 is 13.2 Å². The van der Waals surface area contributed by atoms with Crippen LogP contribution in [0.2, 0.25) is 0 Å². The SMILES string of the molecule is CC[C@@H](C(=O)Nc1ccc(C)cc1C)N(c1cc(C)cc(C)c1)S(C)(=O)=O. The summed E-state index contributed by atoms with van der Waals surface area (Å²) in [6.07, 6.45) is 1.49. The van der Waals surface area contributed by atoms with Crippen LogP contribution in [0, 0.1) is 27.7 Å². The molecule has 0 radical (unpaired) electrons. The second kappa shape index (κ2) is 8.13. The summed E-state index contributed by atoms with van der Waals surface area (Å²) in [6, 6.07) is 10.5. The molecule has 1 atom stereocenters. The zero-order chi connectivity index (χ0) is 20.4. The summed E-state index contributed by atoms with van der Waals surface area (Å²) in [7, 11) is -3.64. The molecule has 0 aliphatic heterocycles. The zero-order valence-electron chi connectivity index (χ0n) is 16.8. The Balaban J connectivity index is 2.44. The standard InChI is InChI=1S/C21H28N2O3S/c1-7-20(21(24)22-19-9-8-14(2)11-17(19)5)23(27(6,25)26)18-12-15(3)10-16(4)13-18/h8-13,20H,7H2,1-6H3,(H,22,24)/t20-/m0/s1. The van der Waals surface area contributed by atoms with Crippen LogP contribution in [0.25, 0.3) is 0 Å². The molecule has 0 unspecified atom stereocenters. The zero-order valence-corrected chi connectivity index (χ0v) is 17.6. The number of benzene rings is 2. The van der Waals surface area contributed by atoms with Crippen LogP contribution >= 0.6 is 0 Å². The van der Waals surface area contributed by atoms with Gasteiger partial charge in [0.15, 0.2) is 0 Å². The number of anilines is 2. The van der Waals surface area contributed by atoms with Crippen molar-refractivity contribution in [2.24, 2.45) is 0 Å². The number of carbonyl (C=O) groups excluding carboxylic acids is 1. The van der Waals surface area contributed by atoms with Crippen LogP contribution in [-0.2, 0) is 14.8 Å². The Morgan fingerprint density at radius 3 is 2.07 bits per heavy atom. The number of nitrogens with one attached hydrogen (secondary N) is 1. The molecule has 0 saturated carbocycles. The highest BCUT2D eigenvalue weighted by Crippen LogP contribution is 2.26. The van der Waals surface area contributed by atoms with Crippen molar-refractivity contribution >= 4 is 27.3 Å². The van der Waals surface area contributed by atoms with Crippen LogP contribution in [0.1, 0.15) is 35.6 Å². The first-order valence-electron chi connectivity index (χ1n) is 8.98. The predicted octanol–water partition coefficient (Wildman–Crippen LogP) is 4.10. The van der Waals surface area contributed by atoms with Crippen molar-refractivity contribution in [3.63, 3.8) is 0 Å². The van der Waals surface area contributed by atoms with E-state index < -0.39 is 16.1 Å². The number of hydrogen-bond donors (Lipinski definition) is 1. The molecule has 27 heavy (non-hydrogen) atoms. The van der Waals surface area contributed by atoms with Gasteiger partial charge in [0.1, 0.15) is 6.04 Å². The van der Waals surface area contributed by atoms with Crippen LogP contribution < -0.4 is 9.62 Å². The molecular formula is C21H28N2O3S. The molecule has 146 valence electrons. The number of nitrogens with zero attached hydrogens (tertiary/aromatic N) is 1. The monoisotopic (exact) mass is 388 g/mol. The molecule has 0 saturated heterocycles. The average molecular weight is 389 g/mol. The first-order valence-corrected chi connectivity index (χ1v) is 10.8. The van der Waals surface area contributed by atoms with E-state index in [2.05, 4.69) is 5.32 Å². The fourth-order valence-electron chi connectivity index (χ4n) is 3.31. The van der Waals surface area contributed by atoms with Gasteiger partial charge in [-0.2, -0.15) is 0 Å². The predicted molar refractivity (Wildman–Crippen MR) is 112 cm³/mol. The molecule has 2 aromatic rings. The maximum Gasteiger partial charge on any atom is 0.248 e. The van der Waals surface area contributed by atoms with Gasteiger partial charge < -0.3 is 5.32 Å². The highest BCUT2D eigenvalue weighted by atomic mass is 32.2. The third kappa shape index (κ3) is 5.10. The van der Waals surface area contributed by atoms with Crippen molar-refractivity contribution in [1.82, 2.24) is 0 Å². The van der Waals surface area contributed by atoms with Gasteiger partial charge in [-0.05, 0) is 69.0 Å². The minimum absolute atomic E-state index is 0.339. The van der Waals surface area contributed by atoms with E-state index in [1.54, 1.807) is 12.1 Å². The Bertz CT molecular complexity index is 932. The van der Waals surface area contributed by atoms with E-state index in [0.717, 1.165) is 28.5 Å². The quantitative estimate of drug-likeness (QED) is 0.810. The van der Waals surface area contributed by atoms with E-state index in [9.17, 15) is 13.2 Å². The Labute approximate surface area is 162 Å². The Morgan fingerprint density at radius 1 is 1.00 bits per heavy atom. The summed E-state index contributed by atoms with van der Waals surface area (Å²) in [5, 5.41) is 2.89. The summed E-state index contributed by atoms with van der Waals surface area (Å²) < 4.78 is 26.4. The van der Waals surface area contributed by atoms with Crippen LogP contribution in [0.4, 0.5) is 11.4 Å². The Kier molecular flexibility index (Phi) is 6.31. The van der Waals surface area contributed by atoms with Crippen molar-refractivity contribution in [2.75, 3.05) is 15.9 Å². The van der Waals surface area contributed by atoms with E-state index in [-0.39, 0.29) is 5.91 Å². The lowest BCUT2D eigenvalue weighted by Gasteiger charge is -2.30. The summed E-state index contributed by atoms with van der Waals surface area (Å²) in [5.74, 6) is -0.339. The van der Waals surface area contributed by atoms with Gasteiger partial charge in [-0.25, -0.2) is 8.42 Å². The van der Waals surface area contributed by atoms with Gasteiger partial charge in [0.05, 0.1) is 11.9 Å². The number of amides is 1. The molecule has 1 N–H and O–H groups in total. The van der Waals surface area contributed by atoms with Crippen molar-refractivity contribution in [3.8, 4) is 0 Å². The third-order valence-electron chi connectivity index (χ3n) is 4.43. The molecule has 0 bridgehead atoms. The second-order valence-corrected chi connectivity index (χ2v) is 9.00. The molecule has 6 heteroatoms. The maximum atomic E-state index is 13.0. The highest BCUT2D eigenvalue weighted by Gasteiger charge is 2.32. The van der Waals surface area contributed by atoms with Crippen molar-refractivity contribution in [1.29, 1.82) is 0 Å². The van der Waals surface area contributed by atoms with Gasteiger partial charge in [-0.15, -0.1) is 0 Å². The molecule has 5 nitrogen and oxygen atoms in total. The van der Waals surface area contributed by atoms with E-state index in [1.807, 2.05) is 58.9 Å². The molecule has 0 heterocycles. The Hall–Kier alpha value is -2.34. The van der Waals surface area contributed by atoms with Crippen LogP contribution in [0.15, 0.2) is 36.4 Å². The molecular weight excluding hydrogens is 360 g/mol. The van der Waals surface area contributed by atoms with Gasteiger partial charge in [0.2, 0.25) is 15.9 Å². The summed E-state index contributed by atoms with van der Waals surface area (Å²) in [6.45, 7) is 9.54. The molecule has 2 aromatic carbocycles. The van der Waals surface area contributed by atoms with Crippen LogP contribution in [0.5, 0.6) is 0 Å². The van der Waals surface area contributed by atoms with E-state index in [4.69, 9.17) is 0 Å². The van der Waals surface area contributed by atoms with E-state index >= 15 is 0 Å². The molecule has 0 aliphatic carbocycles. The van der Waals surface area contributed by atoms with Crippen LogP contribution in [-0.4, -0.2) is 26.6 Å². The average Bonchev–Trinajstić information content (AvgIpc) is 2.52. The number of sulfonamides is 1. The van der Waals surface area contributed by atoms with Gasteiger partial charge in [-0.3, -0.25) is 9.10 Å². The molecule has 0 spiro atoms. The first-order chi connectivity index (χ1) is 12.5. The normalized spacial score (nSPS) is 12.5. The van der Waals surface area contributed by atoms with Crippen molar-refractivity contribution in [2.45, 2.75) is 47.1 Å². The van der Waals surface area contributed by atoms with Gasteiger partial charge >= 0.3 is 0 Å². The van der Waals surface area contributed by atoms with Gasteiger partial charge in [0, 0.05) is 5.69 Å². The van der Waals surface area contributed by atoms with E-state index in [1.165, 1.54) is 4.31 Å². The maximum absolute atomic E-state index is 13.0. The summed E-state index contributed by atoms with van der Waals surface area (Å²) in [4.78, 5) is 13.0. The second-order valence-electron chi connectivity index (χ2n) is 7.14. The molecule has 2 rings (SSSR count). The lowest BCUT2D eigenvalue weighted by molar-refractivity contribution is -0.117. The Morgan fingerprint density at radius 2 is 1.59 bits per heavy atom.